The van der Waals surface area contributed by atoms with Gasteiger partial charge in [0.2, 0.25) is 11.8 Å². The van der Waals surface area contributed by atoms with Crippen LogP contribution >= 0.6 is 0 Å². The van der Waals surface area contributed by atoms with Crippen LogP contribution in [-0.4, -0.2) is 18.4 Å². The number of benzene rings is 3. The normalized spacial score (nSPS) is 13.6. The fourth-order valence-electron chi connectivity index (χ4n) is 4.68. The van der Waals surface area contributed by atoms with Crippen LogP contribution in [0, 0.1) is 12.8 Å². The molecule has 1 aliphatic rings. The van der Waals surface area contributed by atoms with E-state index in [1.54, 1.807) is 0 Å². The van der Waals surface area contributed by atoms with E-state index in [-0.39, 0.29) is 17.7 Å². The predicted octanol–water partition coefficient (Wildman–Crippen LogP) is 5.62. The molecule has 0 heterocycles. The van der Waals surface area contributed by atoms with E-state index in [0.717, 1.165) is 48.9 Å². The summed E-state index contributed by atoms with van der Waals surface area (Å²) in [6, 6.07) is 26.3. The number of anilines is 1. The molecular formula is C30H34N2O2. The monoisotopic (exact) mass is 454 g/mol. The smallest absolute Gasteiger partial charge is 0.230 e. The Hall–Kier alpha value is -3.40. The first-order valence-electron chi connectivity index (χ1n) is 12.4. The summed E-state index contributed by atoms with van der Waals surface area (Å²) in [6.07, 6.45) is 5.38. The van der Waals surface area contributed by atoms with Crippen LogP contribution in [0.3, 0.4) is 0 Å². The maximum absolute atomic E-state index is 13.4. The Morgan fingerprint density at radius 1 is 0.853 bits per heavy atom. The number of nitrogens with one attached hydrogen (secondary N) is 1. The lowest BCUT2D eigenvalue weighted by atomic mass is 10.0. The highest BCUT2D eigenvalue weighted by Gasteiger charge is 2.28. The van der Waals surface area contributed by atoms with Crippen molar-refractivity contribution < 1.29 is 9.59 Å². The first-order chi connectivity index (χ1) is 16.6. The summed E-state index contributed by atoms with van der Waals surface area (Å²) in [5.41, 5.74) is 5.41. The van der Waals surface area contributed by atoms with Crippen LogP contribution in [0.4, 0.5) is 5.69 Å². The lowest BCUT2D eigenvalue weighted by molar-refractivity contribution is -0.122. The van der Waals surface area contributed by atoms with Crippen LogP contribution in [0.15, 0.2) is 78.9 Å². The molecule has 176 valence electrons. The third-order valence-electron chi connectivity index (χ3n) is 6.75. The third-order valence-corrected chi connectivity index (χ3v) is 6.75. The fraction of sp³-hybridized carbons (Fsp3) is 0.333. The number of carbonyl (C=O) groups is 2. The molecule has 1 aliphatic carbocycles. The average Bonchev–Trinajstić information content (AvgIpc) is 3.40. The summed E-state index contributed by atoms with van der Waals surface area (Å²) < 4.78 is 0. The van der Waals surface area contributed by atoms with E-state index < -0.39 is 0 Å². The second-order valence-electron chi connectivity index (χ2n) is 9.26. The third kappa shape index (κ3) is 6.34. The Balaban J connectivity index is 1.40. The molecule has 0 bridgehead atoms. The summed E-state index contributed by atoms with van der Waals surface area (Å²) in [4.78, 5) is 27.8. The Morgan fingerprint density at radius 3 is 2.24 bits per heavy atom. The second-order valence-corrected chi connectivity index (χ2v) is 9.26. The zero-order valence-electron chi connectivity index (χ0n) is 20.0. The summed E-state index contributed by atoms with van der Waals surface area (Å²) in [7, 11) is 0. The maximum Gasteiger partial charge on any atom is 0.230 e. The molecule has 1 fully saturated rings. The molecule has 4 rings (SSSR count). The van der Waals surface area contributed by atoms with Crippen molar-refractivity contribution in [2.45, 2.75) is 52.0 Å². The van der Waals surface area contributed by atoms with Crippen LogP contribution in [0.25, 0.3) is 0 Å². The van der Waals surface area contributed by atoms with Crippen molar-refractivity contribution in [1.29, 1.82) is 0 Å². The molecule has 0 spiro atoms. The van der Waals surface area contributed by atoms with E-state index >= 15 is 0 Å². The number of aryl methyl sites for hydroxylation is 1. The standard InChI is InChI=1S/C30H34N2O2/c1-23-9-5-6-14-27(23)22-32(30(34)26-12-7-8-13-26)28-17-15-25(16-18-28)21-29(33)31-20-19-24-10-3-2-4-11-24/h2-6,9-11,14-18,26H,7-8,12-13,19-22H2,1H3,(H,31,33). The van der Waals surface area contributed by atoms with Gasteiger partial charge in [-0.05, 0) is 60.6 Å². The zero-order chi connectivity index (χ0) is 23.8. The molecule has 3 aromatic rings. The van der Waals surface area contributed by atoms with Crippen LogP contribution in [0.1, 0.15) is 47.9 Å². The lowest BCUT2D eigenvalue weighted by Gasteiger charge is -2.27. The molecule has 0 unspecified atom stereocenters. The first kappa shape index (κ1) is 23.7. The van der Waals surface area contributed by atoms with E-state index in [4.69, 9.17) is 0 Å². The molecule has 4 nitrogen and oxygen atoms in total. The van der Waals surface area contributed by atoms with Gasteiger partial charge in [0.05, 0.1) is 13.0 Å². The van der Waals surface area contributed by atoms with Crippen molar-refractivity contribution >= 4 is 17.5 Å². The molecular weight excluding hydrogens is 420 g/mol. The number of hydrogen-bond donors (Lipinski definition) is 1. The second kappa shape index (κ2) is 11.6. The van der Waals surface area contributed by atoms with Crippen molar-refractivity contribution in [2.75, 3.05) is 11.4 Å². The molecule has 1 saturated carbocycles. The fourth-order valence-corrected chi connectivity index (χ4v) is 4.68. The SMILES string of the molecule is Cc1ccccc1CN(C(=O)C1CCCC1)c1ccc(CC(=O)NCCc2ccccc2)cc1. The van der Waals surface area contributed by atoms with Gasteiger partial charge in [-0.3, -0.25) is 9.59 Å². The molecule has 0 radical (unpaired) electrons. The topological polar surface area (TPSA) is 49.4 Å². The van der Waals surface area contributed by atoms with E-state index in [1.807, 2.05) is 59.5 Å². The van der Waals surface area contributed by atoms with Gasteiger partial charge in [-0.2, -0.15) is 0 Å². The molecule has 0 atom stereocenters. The number of nitrogens with zero attached hydrogens (tertiary/aromatic N) is 1. The van der Waals surface area contributed by atoms with Gasteiger partial charge >= 0.3 is 0 Å². The highest BCUT2D eigenvalue weighted by molar-refractivity contribution is 5.95. The van der Waals surface area contributed by atoms with E-state index in [0.29, 0.717) is 19.5 Å². The van der Waals surface area contributed by atoms with Crippen molar-refractivity contribution in [1.82, 2.24) is 5.32 Å². The predicted molar refractivity (Wildman–Crippen MR) is 138 cm³/mol. The van der Waals surface area contributed by atoms with Gasteiger partial charge in [0.1, 0.15) is 0 Å². The highest BCUT2D eigenvalue weighted by atomic mass is 16.2. The molecule has 0 saturated heterocycles. The molecule has 3 aromatic carbocycles. The van der Waals surface area contributed by atoms with Crippen LogP contribution in [0.5, 0.6) is 0 Å². The summed E-state index contributed by atoms with van der Waals surface area (Å²) in [5, 5.41) is 3.01. The van der Waals surface area contributed by atoms with Crippen LogP contribution < -0.4 is 10.2 Å². The average molecular weight is 455 g/mol. The number of hydrogen-bond acceptors (Lipinski definition) is 2. The van der Waals surface area contributed by atoms with Crippen LogP contribution in [-0.2, 0) is 29.0 Å². The van der Waals surface area contributed by atoms with Gasteiger partial charge in [-0.15, -0.1) is 0 Å². The molecule has 4 heteroatoms. The zero-order valence-corrected chi connectivity index (χ0v) is 20.0. The van der Waals surface area contributed by atoms with E-state index in [2.05, 4.69) is 36.5 Å². The Morgan fingerprint density at radius 2 is 1.53 bits per heavy atom. The molecule has 34 heavy (non-hydrogen) atoms. The minimum absolute atomic E-state index is 0.0162. The van der Waals surface area contributed by atoms with Gasteiger partial charge < -0.3 is 10.2 Å². The number of rotatable bonds is 9. The minimum Gasteiger partial charge on any atom is -0.355 e. The van der Waals surface area contributed by atoms with Gasteiger partial charge in [-0.25, -0.2) is 0 Å². The van der Waals surface area contributed by atoms with E-state index in [9.17, 15) is 9.59 Å². The largest absolute Gasteiger partial charge is 0.355 e. The maximum atomic E-state index is 13.4. The molecule has 2 amide bonds. The van der Waals surface area contributed by atoms with Gasteiger partial charge in [-0.1, -0.05) is 79.6 Å². The van der Waals surface area contributed by atoms with Crippen LogP contribution in [0.2, 0.25) is 0 Å². The highest BCUT2D eigenvalue weighted by Crippen LogP contribution is 2.30. The minimum atomic E-state index is 0.0162. The lowest BCUT2D eigenvalue weighted by Crippen LogP contribution is -2.35. The molecule has 1 N–H and O–H groups in total. The Labute approximate surface area is 203 Å². The molecule has 0 aromatic heterocycles. The number of amides is 2. The van der Waals surface area contributed by atoms with Crippen molar-refractivity contribution in [2.24, 2.45) is 5.92 Å². The van der Waals surface area contributed by atoms with Gasteiger partial charge in [0.25, 0.3) is 0 Å². The van der Waals surface area contributed by atoms with Gasteiger partial charge in [0, 0.05) is 18.2 Å². The van der Waals surface area contributed by atoms with Crippen molar-refractivity contribution in [3.05, 3.63) is 101 Å². The summed E-state index contributed by atoms with van der Waals surface area (Å²) >= 11 is 0. The number of carbonyl (C=O) groups excluding carboxylic acids is 2. The van der Waals surface area contributed by atoms with Gasteiger partial charge in [0.15, 0.2) is 0 Å². The Kier molecular flexibility index (Phi) is 8.13. The molecule has 0 aliphatic heterocycles. The van der Waals surface area contributed by atoms with Crippen molar-refractivity contribution in [3.8, 4) is 0 Å². The summed E-state index contributed by atoms with van der Waals surface area (Å²) in [6.45, 7) is 3.29. The first-order valence-corrected chi connectivity index (χ1v) is 12.4. The van der Waals surface area contributed by atoms with E-state index in [1.165, 1.54) is 11.1 Å². The Bertz CT molecular complexity index is 1090. The van der Waals surface area contributed by atoms with Crippen molar-refractivity contribution in [3.63, 3.8) is 0 Å². The quantitative estimate of drug-likeness (QED) is 0.456. The summed E-state index contributed by atoms with van der Waals surface area (Å²) in [5.74, 6) is 0.341.